The predicted molar refractivity (Wildman–Crippen MR) is 79.7 cm³/mol. The number of carboxylic acid groups (broad SMARTS) is 1. The van der Waals surface area contributed by atoms with E-state index in [1.54, 1.807) is 24.3 Å². The SMILES string of the molecule is COc1ccccc1C(=O)Nc1ncc(C=CC(=O)O)s1. The number of thiazole rings is 1. The van der Waals surface area contributed by atoms with Gasteiger partial charge in [-0.15, -0.1) is 0 Å². The van der Waals surface area contributed by atoms with Gasteiger partial charge in [0.05, 0.1) is 12.7 Å². The van der Waals surface area contributed by atoms with Crippen molar-refractivity contribution in [1.29, 1.82) is 0 Å². The highest BCUT2D eigenvalue weighted by Crippen LogP contribution is 2.22. The van der Waals surface area contributed by atoms with Crippen LogP contribution in [0.2, 0.25) is 0 Å². The number of aliphatic carboxylic acids is 1. The average Bonchev–Trinajstić information content (AvgIpc) is 2.92. The zero-order valence-electron chi connectivity index (χ0n) is 11.1. The number of rotatable bonds is 5. The van der Waals surface area contributed by atoms with Gasteiger partial charge in [0.1, 0.15) is 5.75 Å². The van der Waals surface area contributed by atoms with Crippen molar-refractivity contribution in [3.63, 3.8) is 0 Å². The first-order valence-corrected chi connectivity index (χ1v) is 6.73. The van der Waals surface area contributed by atoms with Gasteiger partial charge in [-0.1, -0.05) is 23.5 Å². The number of benzene rings is 1. The Labute approximate surface area is 124 Å². The second-order valence-corrected chi connectivity index (χ2v) is 4.96. The van der Waals surface area contributed by atoms with Crippen LogP contribution >= 0.6 is 11.3 Å². The van der Waals surface area contributed by atoms with Crippen molar-refractivity contribution < 1.29 is 19.4 Å². The summed E-state index contributed by atoms with van der Waals surface area (Å²) in [6.07, 6.45) is 3.92. The van der Waals surface area contributed by atoms with Gasteiger partial charge >= 0.3 is 5.97 Å². The lowest BCUT2D eigenvalue weighted by molar-refractivity contribution is -0.131. The lowest BCUT2D eigenvalue weighted by Gasteiger charge is -2.06. The molecule has 0 radical (unpaired) electrons. The van der Waals surface area contributed by atoms with Crippen LogP contribution in [0.25, 0.3) is 6.08 Å². The molecule has 2 rings (SSSR count). The number of amides is 1. The van der Waals surface area contributed by atoms with Crippen LogP contribution in [-0.4, -0.2) is 29.1 Å². The summed E-state index contributed by atoms with van der Waals surface area (Å²) >= 11 is 1.18. The quantitative estimate of drug-likeness (QED) is 0.829. The van der Waals surface area contributed by atoms with Gasteiger partial charge in [0.2, 0.25) is 0 Å². The minimum Gasteiger partial charge on any atom is -0.496 e. The van der Waals surface area contributed by atoms with Crippen molar-refractivity contribution in [3.05, 3.63) is 47.0 Å². The van der Waals surface area contributed by atoms with E-state index < -0.39 is 5.97 Å². The zero-order chi connectivity index (χ0) is 15.2. The Morgan fingerprint density at radius 2 is 2.14 bits per heavy atom. The van der Waals surface area contributed by atoms with Crippen molar-refractivity contribution in [2.45, 2.75) is 0 Å². The monoisotopic (exact) mass is 304 g/mol. The molecular weight excluding hydrogens is 292 g/mol. The highest BCUT2D eigenvalue weighted by atomic mass is 32.1. The Morgan fingerprint density at radius 3 is 2.86 bits per heavy atom. The fraction of sp³-hybridized carbons (Fsp3) is 0.0714. The Bertz CT molecular complexity index is 694. The number of para-hydroxylation sites is 1. The van der Waals surface area contributed by atoms with Gasteiger partial charge < -0.3 is 9.84 Å². The van der Waals surface area contributed by atoms with E-state index in [-0.39, 0.29) is 5.91 Å². The van der Waals surface area contributed by atoms with Crippen molar-refractivity contribution in [3.8, 4) is 5.75 Å². The van der Waals surface area contributed by atoms with Crippen LogP contribution in [0.4, 0.5) is 5.13 Å². The fourth-order valence-corrected chi connectivity index (χ4v) is 2.29. The van der Waals surface area contributed by atoms with Crippen LogP contribution in [-0.2, 0) is 4.79 Å². The van der Waals surface area contributed by atoms with Crippen LogP contribution < -0.4 is 10.1 Å². The first-order valence-electron chi connectivity index (χ1n) is 5.91. The Morgan fingerprint density at radius 1 is 1.38 bits per heavy atom. The molecule has 1 amide bonds. The lowest BCUT2D eigenvalue weighted by Crippen LogP contribution is -2.12. The smallest absolute Gasteiger partial charge is 0.328 e. The standard InChI is InChI=1S/C14H12N2O4S/c1-20-11-5-3-2-4-10(11)13(19)16-14-15-8-9(21-14)6-7-12(17)18/h2-8H,1H3,(H,17,18)(H,15,16,19). The molecule has 0 bridgehead atoms. The molecule has 0 fully saturated rings. The van der Waals surface area contributed by atoms with E-state index in [0.717, 1.165) is 6.08 Å². The number of anilines is 1. The number of carbonyl (C=O) groups is 2. The predicted octanol–water partition coefficient (Wildman–Crippen LogP) is 2.50. The Kier molecular flexibility index (Phi) is 4.68. The topological polar surface area (TPSA) is 88.5 Å². The lowest BCUT2D eigenvalue weighted by atomic mass is 10.2. The van der Waals surface area contributed by atoms with E-state index in [2.05, 4.69) is 10.3 Å². The van der Waals surface area contributed by atoms with Crippen LogP contribution in [0, 0.1) is 0 Å². The molecule has 6 nitrogen and oxygen atoms in total. The van der Waals surface area contributed by atoms with E-state index in [0.29, 0.717) is 21.3 Å². The van der Waals surface area contributed by atoms with Crippen LogP contribution in [0.1, 0.15) is 15.2 Å². The zero-order valence-corrected chi connectivity index (χ0v) is 11.9. The molecule has 0 saturated heterocycles. The molecule has 7 heteroatoms. The third-order valence-electron chi connectivity index (χ3n) is 2.49. The molecule has 1 aromatic heterocycles. The normalized spacial score (nSPS) is 10.5. The average molecular weight is 304 g/mol. The number of methoxy groups -OCH3 is 1. The van der Waals surface area contributed by atoms with E-state index in [4.69, 9.17) is 9.84 Å². The van der Waals surface area contributed by atoms with Gasteiger partial charge in [0, 0.05) is 17.2 Å². The van der Waals surface area contributed by atoms with E-state index in [1.165, 1.54) is 30.7 Å². The molecule has 0 aliphatic carbocycles. The minimum atomic E-state index is -1.04. The second-order valence-electron chi connectivity index (χ2n) is 3.89. The summed E-state index contributed by atoms with van der Waals surface area (Å²) in [5.74, 6) is -0.906. The number of carboxylic acids is 1. The fourth-order valence-electron chi connectivity index (χ4n) is 1.57. The summed E-state index contributed by atoms with van der Waals surface area (Å²) in [5, 5.41) is 11.6. The Hall–Kier alpha value is -2.67. The molecule has 0 unspecified atom stereocenters. The summed E-state index contributed by atoms with van der Waals surface area (Å²) in [6, 6.07) is 6.85. The van der Waals surface area contributed by atoms with Crippen LogP contribution in [0.5, 0.6) is 5.75 Å². The maximum absolute atomic E-state index is 12.1. The highest BCUT2D eigenvalue weighted by Gasteiger charge is 2.13. The summed E-state index contributed by atoms with van der Waals surface area (Å²) in [7, 11) is 1.49. The van der Waals surface area contributed by atoms with E-state index in [1.807, 2.05) is 0 Å². The number of nitrogens with zero attached hydrogens (tertiary/aromatic N) is 1. The summed E-state index contributed by atoms with van der Waals surface area (Å²) in [5.41, 5.74) is 0.401. The van der Waals surface area contributed by atoms with E-state index >= 15 is 0 Å². The third kappa shape index (κ3) is 3.90. The number of carbonyl (C=O) groups excluding carboxylic acids is 1. The Balaban J connectivity index is 2.11. The molecule has 0 atom stereocenters. The molecule has 0 aliphatic rings. The number of ether oxygens (including phenoxy) is 1. The first kappa shape index (κ1) is 14.7. The molecule has 1 aromatic carbocycles. The molecule has 0 aliphatic heterocycles. The molecule has 21 heavy (non-hydrogen) atoms. The maximum Gasteiger partial charge on any atom is 0.328 e. The summed E-state index contributed by atoms with van der Waals surface area (Å²) in [6.45, 7) is 0. The van der Waals surface area contributed by atoms with Crippen LogP contribution in [0.3, 0.4) is 0 Å². The second kappa shape index (κ2) is 6.67. The van der Waals surface area contributed by atoms with Crippen molar-refractivity contribution >= 4 is 34.4 Å². The molecule has 2 aromatic rings. The summed E-state index contributed by atoms with van der Waals surface area (Å²) < 4.78 is 5.12. The largest absolute Gasteiger partial charge is 0.496 e. The van der Waals surface area contributed by atoms with Gasteiger partial charge in [0.25, 0.3) is 5.91 Å². The summed E-state index contributed by atoms with van der Waals surface area (Å²) in [4.78, 5) is 27.2. The van der Waals surface area contributed by atoms with Gasteiger partial charge in [0.15, 0.2) is 5.13 Å². The molecule has 0 spiro atoms. The minimum absolute atomic E-state index is 0.337. The van der Waals surface area contributed by atoms with Crippen molar-refractivity contribution in [1.82, 2.24) is 4.98 Å². The van der Waals surface area contributed by atoms with Crippen molar-refractivity contribution in [2.24, 2.45) is 0 Å². The molecule has 2 N–H and O–H groups in total. The van der Waals surface area contributed by atoms with Gasteiger partial charge in [-0.3, -0.25) is 10.1 Å². The number of hydrogen-bond acceptors (Lipinski definition) is 5. The van der Waals surface area contributed by atoms with Crippen LogP contribution in [0.15, 0.2) is 36.5 Å². The number of nitrogens with one attached hydrogen (secondary N) is 1. The molecule has 0 saturated carbocycles. The number of hydrogen-bond donors (Lipinski definition) is 2. The number of aromatic nitrogens is 1. The van der Waals surface area contributed by atoms with Gasteiger partial charge in [-0.05, 0) is 18.2 Å². The molecule has 1 heterocycles. The van der Waals surface area contributed by atoms with Gasteiger partial charge in [-0.2, -0.15) is 0 Å². The highest BCUT2D eigenvalue weighted by molar-refractivity contribution is 7.16. The van der Waals surface area contributed by atoms with E-state index in [9.17, 15) is 9.59 Å². The first-order chi connectivity index (χ1) is 10.1. The molecular formula is C14H12N2O4S. The third-order valence-corrected chi connectivity index (χ3v) is 3.36. The van der Waals surface area contributed by atoms with Gasteiger partial charge in [-0.25, -0.2) is 9.78 Å². The maximum atomic E-state index is 12.1. The van der Waals surface area contributed by atoms with Crippen molar-refractivity contribution in [2.75, 3.05) is 12.4 Å². The molecule has 108 valence electrons.